The van der Waals surface area contributed by atoms with E-state index in [2.05, 4.69) is 15.5 Å². The van der Waals surface area contributed by atoms with Crippen molar-refractivity contribution < 1.29 is 14.5 Å². The minimum absolute atomic E-state index is 0.0417. The number of nitro benzene ring substituents is 1. The smallest absolute Gasteiger partial charge is 0.270 e. The fourth-order valence-electron chi connectivity index (χ4n) is 3.27. The molecule has 3 aromatic rings. The summed E-state index contributed by atoms with van der Waals surface area (Å²) >= 11 is 8.87. The standard InChI is InChI=1S/C18H17ClN6O4S2/c1-10-21-22-18(30-10)20-14(26)9-23-4-6-24(7-5-23)17(27)16-15(19)12-3-2-11(25(28)29)8-13(12)31-16/h2-3,8H,4-7,9H2,1H3,(H,20,22,26). The Bertz CT molecular complexity index is 1170. The second-order valence-electron chi connectivity index (χ2n) is 6.93. The number of carbonyl (C=O) groups is 2. The highest BCUT2D eigenvalue weighted by molar-refractivity contribution is 7.21. The first-order chi connectivity index (χ1) is 14.8. The van der Waals surface area contributed by atoms with Gasteiger partial charge in [0.2, 0.25) is 11.0 Å². The molecule has 1 aliphatic rings. The van der Waals surface area contributed by atoms with Crippen molar-refractivity contribution in [1.29, 1.82) is 0 Å². The monoisotopic (exact) mass is 480 g/mol. The Kier molecular flexibility index (Phi) is 6.14. The summed E-state index contributed by atoms with van der Waals surface area (Å²) in [4.78, 5) is 39.7. The first kappa shape index (κ1) is 21.6. The first-order valence-electron chi connectivity index (χ1n) is 9.30. The van der Waals surface area contributed by atoms with Gasteiger partial charge in [0.05, 0.1) is 16.5 Å². The molecule has 1 saturated heterocycles. The molecular weight excluding hydrogens is 464 g/mol. The number of nitrogens with one attached hydrogen (secondary N) is 1. The second kappa shape index (κ2) is 8.83. The lowest BCUT2D eigenvalue weighted by atomic mass is 10.2. The third kappa shape index (κ3) is 4.66. The maximum atomic E-state index is 13.0. The Morgan fingerprint density at radius 3 is 2.61 bits per heavy atom. The quantitative estimate of drug-likeness (QED) is 0.440. The molecule has 162 valence electrons. The number of nitrogens with zero attached hydrogens (tertiary/aromatic N) is 5. The maximum Gasteiger partial charge on any atom is 0.270 e. The van der Waals surface area contributed by atoms with Crippen LogP contribution in [0.25, 0.3) is 10.1 Å². The van der Waals surface area contributed by atoms with Gasteiger partial charge in [-0.3, -0.25) is 29.9 Å². The SMILES string of the molecule is Cc1nnc(NC(=O)CN2CCN(C(=O)c3sc4cc([N+](=O)[O-])ccc4c3Cl)CC2)s1. The van der Waals surface area contributed by atoms with E-state index in [-0.39, 0.29) is 24.0 Å². The summed E-state index contributed by atoms with van der Waals surface area (Å²) in [6.07, 6.45) is 0. The zero-order chi connectivity index (χ0) is 22.1. The summed E-state index contributed by atoms with van der Waals surface area (Å²) in [7, 11) is 0. The average Bonchev–Trinajstić information content (AvgIpc) is 3.30. The van der Waals surface area contributed by atoms with Crippen LogP contribution in [0.2, 0.25) is 5.02 Å². The van der Waals surface area contributed by atoms with Crippen molar-refractivity contribution in [3.8, 4) is 0 Å². The van der Waals surface area contributed by atoms with Crippen molar-refractivity contribution in [3.05, 3.63) is 43.2 Å². The molecule has 0 radical (unpaired) electrons. The Balaban J connectivity index is 1.37. The molecule has 10 nitrogen and oxygen atoms in total. The van der Waals surface area contributed by atoms with Crippen LogP contribution < -0.4 is 5.32 Å². The number of piperazine rings is 1. The normalized spacial score (nSPS) is 14.7. The number of thiophene rings is 1. The highest BCUT2D eigenvalue weighted by Crippen LogP contribution is 2.38. The Hall–Kier alpha value is -2.67. The number of carbonyl (C=O) groups excluding carboxylic acids is 2. The highest BCUT2D eigenvalue weighted by atomic mass is 35.5. The molecule has 1 N–H and O–H groups in total. The number of rotatable bonds is 5. The van der Waals surface area contributed by atoms with Gasteiger partial charge < -0.3 is 4.90 Å². The number of amides is 2. The molecule has 2 amide bonds. The number of aryl methyl sites for hydroxylation is 1. The van der Waals surface area contributed by atoms with E-state index in [0.717, 1.165) is 16.3 Å². The topological polar surface area (TPSA) is 122 Å². The summed E-state index contributed by atoms with van der Waals surface area (Å²) < 4.78 is 0.602. The number of benzene rings is 1. The van der Waals surface area contributed by atoms with Crippen LogP contribution in [0.15, 0.2) is 18.2 Å². The Morgan fingerprint density at radius 1 is 1.23 bits per heavy atom. The fourth-order valence-corrected chi connectivity index (χ4v) is 5.39. The zero-order valence-corrected chi connectivity index (χ0v) is 18.7. The summed E-state index contributed by atoms with van der Waals surface area (Å²) in [5.41, 5.74) is -0.0417. The molecule has 4 rings (SSSR count). The molecule has 1 aliphatic heterocycles. The van der Waals surface area contributed by atoms with Gasteiger partial charge in [-0.15, -0.1) is 21.5 Å². The molecule has 2 aromatic heterocycles. The van der Waals surface area contributed by atoms with Gasteiger partial charge in [0.15, 0.2) is 0 Å². The second-order valence-corrected chi connectivity index (χ2v) is 9.54. The van der Waals surface area contributed by atoms with Crippen LogP contribution in [0.5, 0.6) is 0 Å². The van der Waals surface area contributed by atoms with Crippen molar-refractivity contribution in [3.63, 3.8) is 0 Å². The molecule has 1 fully saturated rings. The van der Waals surface area contributed by atoms with E-state index >= 15 is 0 Å². The van der Waals surface area contributed by atoms with Gasteiger partial charge in [-0.1, -0.05) is 22.9 Å². The van der Waals surface area contributed by atoms with Crippen molar-refractivity contribution in [2.45, 2.75) is 6.92 Å². The van der Waals surface area contributed by atoms with Gasteiger partial charge >= 0.3 is 0 Å². The van der Waals surface area contributed by atoms with Gasteiger partial charge in [-0.25, -0.2) is 0 Å². The number of halogens is 1. The van der Waals surface area contributed by atoms with E-state index in [4.69, 9.17) is 11.6 Å². The summed E-state index contributed by atoms with van der Waals surface area (Å²) in [5, 5.41) is 23.6. The third-order valence-electron chi connectivity index (χ3n) is 4.82. The lowest BCUT2D eigenvalue weighted by Crippen LogP contribution is -2.50. The molecule has 3 heterocycles. The summed E-state index contributed by atoms with van der Waals surface area (Å²) in [6, 6.07) is 4.37. The fraction of sp³-hybridized carbons (Fsp3) is 0.333. The van der Waals surface area contributed by atoms with E-state index in [0.29, 0.717) is 51.3 Å². The van der Waals surface area contributed by atoms with Crippen LogP contribution in [0.1, 0.15) is 14.7 Å². The summed E-state index contributed by atoms with van der Waals surface area (Å²) in [5.74, 6) is -0.382. The number of non-ortho nitro benzene ring substituents is 1. The third-order valence-corrected chi connectivity index (χ3v) is 7.22. The number of hydrogen-bond acceptors (Lipinski definition) is 9. The number of fused-ring (bicyclic) bond motifs is 1. The average molecular weight is 481 g/mol. The van der Waals surface area contributed by atoms with Crippen molar-refractivity contribution in [2.75, 3.05) is 38.0 Å². The minimum atomic E-state index is -0.476. The van der Waals surface area contributed by atoms with Crippen LogP contribution >= 0.6 is 34.3 Å². The van der Waals surface area contributed by atoms with Gasteiger partial charge in [-0.05, 0) is 13.0 Å². The van der Waals surface area contributed by atoms with E-state index < -0.39 is 4.92 Å². The van der Waals surface area contributed by atoms with Crippen molar-refractivity contribution >= 4 is 67.0 Å². The summed E-state index contributed by atoms with van der Waals surface area (Å²) in [6.45, 7) is 4.01. The Morgan fingerprint density at radius 2 is 1.97 bits per heavy atom. The van der Waals surface area contributed by atoms with Gasteiger partial charge in [0.1, 0.15) is 9.88 Å². The maximum absolute atomic E-state index is 13.0. The predicted octanol–water partition coefficient (Wildman–Crippen LogP) is 3.02. The number of hydrogen-bond donors (Lipinski definition) is 1. The molecule has 0 spiro atoms. The van der Waals surface area contributed by atoms with E-state index in [1.54, 1.807) is 11.0 Å². The lowest BCUT2D eigenvalue weighted by molar-refractivity contribution is -0.384. The molecule has 0 aliphatic carbocycles. The van der Waals surface area contributed by atoms with Crippen LogP contribution in [-0.4, -0.2) is 69.5 Å². The minimum Gasteiger partial charge on any atom is -0.335 e. The zero-order valence-electron chi connectivity index (χ0n) is 16.3. The van der Waals surface area contributed by atoms with E-state index in [1.165, 1.54) is 23.5 Å². The molecule has 13 heteroatoms. The molecule has 31 heavy (non-hydrogen) atoms. The molecule has 0 atom stereocenters. The van der Waals surface area contributed by atoms with Crippen LogP contribution in [-0.2, 0) is 4.79 Å². The molecular formula is C18H17ClN6O4S2. The van der Waals surface area contributed by atoms with Gasteiger partial charge in [0.25, 0.3) is 11.6 Å². The van der Waals surface area contributed by atoms with Crippen LogP contribution in [0, 0.1) is 17.0 Å². The van der Waals surface area contributed by atoms with Gasteiger partial charge in [0, 0.05) is 48.4 Å². The first-order valence-corrected chi connectivity index (χ1v) is 11.3. The highest BCUT2D eigenvalue weighted by Gasteiger charge is 2.27. The van der Waals surface area contributed by atoms with Crippen molar-refractivity contribution in [1.82, 2.24) is 20.0 Å². The molecule has 0 unspecified atom stereocenters. The van der Waals surface area contributed by atoms with E-state index in [9.17, 15) is 19.7 Å². The van der Waals surface area contributed by atoms with Crippen molar-refractivity contribution in [2.24, 2.45) is 0 Å². The number of aromatic nitrogens is 2. The number of nitro groups is 1. The number of anilines is 1. The predicted molar refractivity (Wildman–Crippen MR) is 119 cm³/mol. The lowest BCUT2D eigenvalue weighted by Gasteiger charge is -2.34. The van der Waals surface area contributed by atoms with E-state index in [1.807, 2.05) is 11.8 Å². The molecule has 1 aromatic carbocycles. The van der Waals surface area contributed by atoms with Gasteiger partial charge in [-0.2, -0.15) is 0 Å². The molecule has 0 saturated carbocycles. The Labute approximate surface area is 189 Å². The largest absolute Gasteiger partial charge is 0.335 e. The van der Waals surface area contributed by atoms with Crippen LogP contribution in [0.3, 0.4) is 0 Å². The molecule has 0 bridgehead atoms. The van der Waals surface area contributed by atoms with Crippen LogP contribution in [0.4, 0.5) is 10.8 Å².